The second-order valence-electron chi connectivity index (χ2n) is 6.67. The number of halogens is 2. The molecule has 0 saturated carbocycles. The number of fused-ring (bicyclic) bond motifs is 2. The predicted octanol–water partition coefficient (Wildman–Crippen LogP) is 6.62. The van der Waals surface area contributed by atoms with Crippen LogP contribution >= 0.6 is 67.1 Å². The molecule has 0 spiro atoms. The maximum absolute atomic E-state index is 12.7. The molecule has 0 fully saturated rings. The lowest BCUT2D eigenvalue weighted by Crippen LogP contribution is -2.34. The van der Waals surface area contributed by atoms with Crippen molar-refractivity contribution in [3.8, 4) is 10.6 Å². The number of hydrogen-bond donors (Lipinski definition) is 2. The first kappa shape index (κ1) is 21.5. The monoisotopic (exact) mass is 603 g/mol. The Kier molecular flexibility index (Phi) is 5.99. The Balaban J connectivity index is 1.43. The predicted molar refractivity (Wildman–Crippen MR) is 142 cm³/mol. The first-order valence-electron chi connectivity index (χ1n) is 9.17. The van der Waals surface area contributed by atoms with Gasteiger partial charge in [0.05, 0.1) is 27.6 Å². The number of carbonyl (C=O) groups is 1. The number of amides is 1. The lowest BCUT2D eigenvalue weighted by molar-refractivity contribution is 0.0978. The van der Waals surface area contributed by atoms with Crippen LogP contribution in [0.4, 0.5) is 5.69 Å². The highest BCUT2D eigenvalue weighted by Crippen LogP contribution is 2.40. The molecule has 6 nitrogen and oxygen atoms in total. The van der Waals surface area contributed by atoms with E-state index >= 15 is 0 Å². The highest BCUT2D eigenvalue weighted by Gasteiger charge is 2.17. The SMILES string of the molecule is O=C(NC(=S)Nc1c(Br)cc(Br)cc1-c1nc2ccccc2s1)c1ccc2nsnc2c1. The topological polar surface area (TPSA) is 79.8 Å². The molecule has 0 unspecified atom stereocenters. The van der Waals surface area contributed by atoms with Gasteiger partial charge in [-0.1, -0.05) is 28.1 Å². The summed E-state index contributed by atoms with van der Waals surface area (Å²) in [7, 11) is 0. The highest BCUT2D eigenvalue weighted by atomic mass is 79.9. The van der Waals surface area contributed by atoms with Gasteiger partial charge >= 0.3 is 0 Å². The van der Waals surface area contributed by atoms with E-state index < -0.39 is 0 Å². The number of para-hydroxylation sites is 1. The molecule has 2 N–H and O–H groups in total. The molecule has 0 bridgehead atoms. The lowest BCUT2D eigenvalue weighted by Gasteiger charge is -2.15. The highest BCUT2D eigenvalue weighted by molar-refractivity contribution is 9.11. The maximum Gasteiger partial charge on any atom is 0.257 e. The van der Waals surface area contributed by atoms with Crippen molar-refractivity contribution in [3.63, 3.8) is 0 Å². The van der Waals surface area contributed by atoms with Crippen LogP contribution in [0.5, 0.6) is 0 Å². The largest absolute Gasteiger partial charge is 0.331 e. The Hall–Kier alpha value is -2.31. The number of carbonyl (C=O) groups excluding carboxylic acids is 1. The van der Waals surface area contributed by atoms with E-state index in [0.29, 0.717) is 11.1 Å². The molecule has 5 rings (SSSR count). The second kappa shape index (κ2) is 8.91. The smallest absolute Gasteiger partial charge is 0.257 e. The van der Waals surface area contributed by atoms with Crippen molar-refractivity contribution in [2.75, 3.05) is 5.32 Å². The number of benzene rings is 3. The summed E-state index contributed by atoms with van der Waals surface area (Å²) < 4.78 is 11.1. The van der Waals surface area contributed by atoms with Gasteiger partial charge in [-0.15, -0.1) is 11.3 Å². The minimum Gasteiger partial charge on any atom is -0.331 e. The van der Waals surface area contributed by atoms with Crippen molar-refractivity contribution in [3.05, 3.63) is 69.1 Å². The number of hydrogen-bond acceptors (Lipinski definition) is 7. The van der Waals surface area contributed by atoms with Gasteiger partial charge in [-0.2, -0.15) is 8.75 Å². The molecule has 3 aromatic carbocycles. The third-order valence-corrected chi connectivity index (χ3v) is 7.47. The molecule has 0 radical (unpaired) electrons. The molecule has 0 aliphatic carbocycles. The van der Waals surface area contributed by atoms with Gasteiger partial charge in [-0.25, -0.2) is 4.98 Å². The fraction of sp³-hybridized carbons (Fsp3) is 0. The van der Waals surface area contributed by atoms with Gasteiger partial charge in [0.15, 0.2) is 5.11 Å². The van der Waals surface area contributed by atoms with E-state index in [1.807, 2.05) is 36.4 Å². The molecule has 2 heterocycles. The van der Waals surface area contributed by atoms with E-state index in [4.69, 9.17) is 17.2 Å². The van der Waals surface area contributed by atoms with Crippen LogP contribution in [-0.2, 0) is 0 Å². The Bertz CT molecular complexity index is 1480. The summed E-state index contributed by atoms with van der Waals surface area (Å²) in [5.41, 5.74) is 4.39. The van der Waals surface area contributed by atoms with Crippen LogP contribution in [0.2, 0.25) is 0 Å². The van der Waals surface area contributed by atoms with E-state index in [-0.39, 0.29) is 11.0 Å². The minimum atomic E-state index is -0.327. The zero-order valence-corrected chi connectivity index (χ0v) is 21.5. The van der Waals surface area contributed by atoms with Crippen molar-refractivity contribution in [2.24, 2.45) is 0 Å². The fourth-order valence-electron chi connectivity index (χ4n) is 3.10. The molecule has 0 atom stereocenters. The average molecular weight is 605 g/mol. The molecule has 1 amide bonds. The molecule has 5 aromatic rings. The molecule has 2 aromatic heterocycles. The van der Waals surface area contributed by atoms with E-state index in [9.17, 15) is 4.79 Å². The molecule has 158 valence electrons. The molecule has 0 aliphatic rings. The number of nitrogens with zero attached hydrogens (tertiary/aromatic N) is 3. The van der Waals surface area contributed by atoms with Crippen LogP contribution in [0, 0.1) is 0 Å². The van der Waals surface area contributed by atoms with Gasteiger partial charge in [0.25, 0.3) is 5.91 Å². The van der Waals surface area contributed by atoms with Gasteiger partial charge in [0, 0.05) is 20.1 Å². The molecule has 11 heteroatoms. The minimum absolute atomic E-state index is 0.178. The first-order chi connectivity index (χ1) is 15.5. The van der Waals surface area contributed by atoms with Crippen LogP contribution < -0.4 is 10.6 Å². The Morgan fingerprint density at radius 3 is 2.62 bits per heavy atom. The molecule has 0 aliphatic heterocycles. The normalized spacial score (nSPS) is 11.1. The molecular weight excluding hydrogens is 594 g/mol. The van der Waals surface area contributed by atoms with Gasteiger partial charge in [0.1, 0.15) is 16.0 Å². The third kappa shape index (κ3) is 4.30. The number of nitrogens with one attached hydrogen (secondary N) is 2. The van der Waals surface area contributed by atoms with Crippen LogP contribution in [0.1, 0.15) is 10.4 Å². The Morgan fingerprint density at radius 1 is 0.969 bits per heavy atom. The third-order valence-electron chi connectivity index (χ3n) is 4.56. The summed E-state index contributed by atoms with van der Waals surface area (Å²) in [6, 6.07) is 17.0. The van der Waals surface area contributed by atoms with Crippen molar-refractivity contribution >= 4 is 105 Å². The number of thiocarbonyl (C=S) groups is 1. The number of rotatable bonds is 3. The quantitative estimate of drug-likeness (QED) is 0.225. The van der Waals surface area contributed by atoms with Gasteiger partial charge in [-0.3, -0.25) is 10.1 Å². The number of anilines is 1. The lowest BCUT2D eigenvalue weighted by atomic mass is 10.2. The van der Waals surface area contributed by atoms with Crippen molar-refractivity contribution < 1.29 is 4.79 Å². The van der Waals surface area contributed by atoms with Crippen molar-refractivity contribution in [1.29, 1.82) is 0 Å². The fourth-order valence-corrected chi connectivity index (χ4v) is 6.12. The summed E-state index contributed by atoms with van der Waals surface area (Å²) in [5, 5.41) is 6.91. The summed E-state index contributed by atoms with van der Waals surface area (Å²) in [6.07, 6.45) is 0. The summed E-state index contributed by atoms with van der Waals surface area (Å²) in [5.74, 6) is -0.327. The van der Waals surface area contributed by atoms with Gasteiger partial charge < -0.3 is 5.32 Å². The maximum atomic E-state index is 12.7. The molecular formula is C21H11Br2N5OS3. The van der Waals surface area contributed by atoms with Crippen LogP contribution in [0.3, 0.4) is 0 Å². The van der Waals surface area contributed by atoms with E-state index in [1.165, 1.54) is 0 Å². The Labute approximate surface area is 212 Å². The molecule has 0 saturated heterocycles. The first-order valence-corrected chi connectivity index (χ1v) is 12.7. The van der Waals surface area contributed by atoms with Crippen molar-refractivity contribution in [1.82, 2.24) is 19.0 Å². The van der Waals surface area contributed by atoms with Crippen molar-refractivity contribution in [2.45, 2.75) is 0 Å². The van der Waals surface area contributed by atoms with E-state index in [0.717, 1.165) is 52.7 Å². The summed E-state index contributed by atoms with van der Waals surface area (Å²) in [4.78, 5) is 17.5. The summed E-state index contributed by atoms with van der Waals surface area (Å²) in [6.45, 7) is 0. The van der Waals surface area contributed by atoms with E-state index in [1.54, 1.807) is 29.5 Å². The summed E-state index contributed by atoms with van der Waals surface area (Å²) >= 11 is 15.3. The van der Waals surface area contributed by atoms with Gasteiger partial charge in [-0.05, 0) is 70.6 Å². The van der Waals surface area contributed by atoms with Crippen LogP contribution in [0.25, 0.3) is 31.8 Å². The van der Waals surface area contributed by atoms with E-state index in [2.05, 4.69) is 51.2 Å². The second-order valence-corrected chi connectivity index (χ2v) is 10.4. The number of thiazole rings is 1. The average Bonchev–Trinajstić information content (AvgIpc) is 3.41. The van der Waals surface area contributed by atoms with Gasteiger partial charge in [0.2, 0.25) is 0 Å². The van der Waals surface area contributed by atoms with Crippen LogP contribution in [0.15, 0.2) is 63.5 Å². The van der Waals surface area contributed by atoms with Crippen LogP contribution in [-0.4, -0.2) is 24.8 Å². The number of aromatic nitrogens is 3. The molecule has 32 heavy (non-hydrogen) atoms. The zero-order valence-electron chi connectivity index (χ0n) is 15.9. The Morgan fingerprint density at radius 2 is 1.78 bits per heavy atom. The standard InChI is InChI=1S/C21H11Br2N5OS3/c22-11-8-12(20-24-15-3-1-2-4-17(15)31-20)18(13(23)9-11)25-21(30)26-19(29)10-5-6-14-16(7-10)28-32-27-14/h1-9H,(H2,25,26,29,30). The zero-order chi connectivity index (χ0) is 22.2.